The van der Waals surface area contributed by atoms with Gasteiger partial charge in [-0.3, -0.25) is 19.1 Å². The molecule has 0 N–H and O–H groups in total. The first-order chi connectivity index (χ1) is 10.6. The molecule has 0 radical (unpaired) electrons. The third kappa shape index (κ3) is 4.83. The minimum atomic E-state index is -3.62. The number of carbonyl (C=O) groups excluding carboxylic acids is 1. The zero-order chi connectivity index (χ0) is 17.8. The normalized spacial score (nSPS) is 12.7. The zero-order valence-electron chi connectivity index (χ0n) is 13.0. The molecule has 8 nitrogen and oxygen atoms in total. The topological polar surface area (TPSA) is 115 Å². The van der Waals surface area contributed by atoms with E-state index in [0.717, 1.165) is 24.5 Å². The predicted molar refractivity (Wildman–Crippen MR) is 85.4 cm³/mol. The van der Waals surface area contributed by atoms with Gasteiger partial charge in [-0.15, -0.1) is 0 Å². The van der Waals surface area contributed by atoms with Crippen molar-refractivity contribution in [3.63, 3.8) is 0 Å². The van der Waals surface area contributed by atoms with Crippen molar-refractivity contribution in [3.8, 4) is 0 Å². The largest absolute Gasteiger partial charge is 0.342 e. The Morgan fingerprint density at radius 3 is 2.30 bits per heavy atom. The first-order valence-electron chi connectivity index (χ1n) is 6.76. The van der Waals surface area contributed by atoms with Crippen molar-refractivity contribution >= 4 is 32.2 Å². The van der Waals surface area contributed by atoms with Gasteiger partial charge in [-0.1, -0.05) is 0 Å². The second kappa shape index (κ2) is 7.64. The van der Waals surface area contributed by atoms with E-state index in [2.05, 4.69) is 0 Å². The molecular formula is C13H18N2O6S2. The number of carbonyl (C=O) groups is 1. The molecule has 1 amide bonds. The molecule has 0 saturated carbocycles. The van der Waals surface area contributed by atoms with E-state index in [-0.39, 0.29) is 21.5 Å². The lowest BCUT2D eigenvalue weighted by molar-refractivity contribution is -0.388. The highest BCUT2D eigenvalue weighted by Crippen LogP contribution is 2.26. The zero-order valence-corrected chi connectivity index (χ0v) is 14.6. The van der Waals surface area contributed by atoms with Gasteiger partial charge >= 0.3 is 0 Å². The molecule has 0 aromatic heterocycles. The predicted octanol–water partition coefficient (Wildman–Crippen LogP) is 0.974. The number of hydrogen-bond acceptors (Lipinski definition) is 6. The van der Waals surface area contributed by atoms with Crippen molar-refractivity contribution < 1.29 is 22.3 Å². The van der Waals surface area contributed by atoms with Crippen LogP contribution in [-0.4, -0.2) is 53.5 Å². The molecule has 0 heterocycles. The Morgan fingerprint density at radius 2 is 1.87 bits per heavy atom. The number of rotatable bonds is 7. The highest BCUT2D eigenvalue weighted by atomic mass is 32.2. The number of sulfone groups is 1. The van der Waals surface area contributed by atoms with Gasteiger partial charge in [0.2, 0.25) is 5.91 Å². The summed E-state index contributed by atoms with van der Waals surface area (Å²) in [5, 5.41) is 11.1. The quantitative estimate of drug-likeness (QED) is 0.527. The number of nitrogens with zero attached hydrogens (tertiary/aromatic N) is 2. The van der Waals surface area contributed by atoms with E-state index in [9.17, 15) is 27.5 Å². The fourth-order valence-corrected chi connectivity index (χ4v) is 3.71. The third-order valence-corrected chi connectivity index (χ3v) is 5.63. The van der Waals surface area contributed by atoms with Gasteiger partial charge in [0, 0.05) is 25.4 Å². The molecule has 1 unspecified atom stereocenters. The molecule has 0 bridgehead atoms. The summed E-state index contributed by atoms with van der Waals surface area (Å²) in [5.74, 6) is -0.768. The molecule has 128 valence electrons. The number of nitro benzene ring substituents is 1. The summed E-state index contributed by atoms with van der Waals surface area (Å²) < 4.78 is 35.2. The Hall–Kier alpha value is -1.81. The number of amides is 1. The van der Waals surface area contributed by atoms with Crippen molar-refractivity contribution in [2.75, 3.05) is 25.1 Å². The monoisotopic (exact) mass is 362 g/mol. The van der Waals surface area contributed by atoms with Crippen molar-refractivity contribution in [1.29, 1.82) is 0 Å². The standard InChI is InChI=1S/C13H18N2O6S2/c1-4-14(5-2)13(16)9-22(19)12-7-6-10(23(3,20)21)8-11(12)15(17)18/h6-8H,4-5,9H2,1-3H3. The van der Waals surface area contributed by atoms with E-state index >= 15 is 0 Å². The molecule has 23 heavy (non-hydrogen) atoms. The summed E-state index contributed by atoms with van der Waals surface area (Å²) in [6.07, 6.45) is 0.923. The lowest BCUT2D eigenvalue weighted by Gasteiger charge is -2.18. The summed E-state index contributed by atoms with van der Waals surface area (Å²) in [4.78, 5) is 23.3. The van der Waals surface area contributed by atoms with Gasteiger partial charge in [0.15, 0.2) is 9.84 Å². The Morgan fingerprint density at radius 1 is 1.30 bits per heavy atom. The first-order valence-corrected chi connectivity index (χ1v) is 9.97. The van der Waals surface area contributed by atoms with Crippen LogP contribution in [0.3, 0.4) is 0 Å². The summed E-state index contributed by atoms with van der Waals surface area (Å²) in [6, 6.07) is 3.14. The van der Waals surface area contributed by atoms with Crippen molar-refractivity contribution in [1.82, 2.24) is 4.90 Å². The van der Waals surface area contributed by atoms with E-state index in [1.54, 1.807) is 13.8 Å². The summed E-state index contributed by atoms with van der Waals surface area (Å²) in [6.45, 7) is 4.44. The summed E-state index contributed by atoms with van der Waals surface area (Å²) in [7, 11) is -5.56. The molecule has 0 fully saturated rings. The van der Waals surface area contributed by atoms with Crippen LogP contribution in [0.25, 0.3) is 0 Å². The number of nitro groups is 1. The lowest BCUT2D eigenvalue weighted by Crippen LogP contribution is -2.34. The van der Waals surface area contributed by atoms with Crippen molar-refractivity contribution in [2.24, 2.45) is 0 Å². The molecule has 0 aliphatic rings. The number of benzene rings is 1. The maximum absolute atomic E-state index is 12.3. The molecule has 1 aromatic rings. The lowest BCUT2D eigenvalue weighted by atomic mass is 10.3. The molecule has 0 saturated heterocycles. The van der Waals surface area contributed by atoms with Crippen LogP contribution in [0.15, 0.2) is 28.0 Å². The average Bonchev–Trinajstić information content (AvgIpc) is 2.46. The van der Waals surface area contributed by atoms with E-state index in [1.807, 2.05) is 0 Å². The van der Waals surface area contributed by atoms with Gasteiger partial charge in [0.05, 0.1) is 20.6 Å². The maximum atomic E-state index is 12.3. The fraction of sp³-hybridized carbons (Fsp3) is 0.462. The van der Waals surface area contributed by atoms with Crippen LogP contribution in [-0.2, 0) is 25.4 Å². The van der Waals surface area contributed by atoms with Crippen molar-refractivity contribution in [3.05, 3.63) is 28.3 Å². The Balaban J connectivity index is 3.19. The molecule has 10 heteroatoms. The molecule has 0 aliphatic carbocycles. The number of hydrogen-bond donors (Lipinski definition) is 0. The van der Waals surface area contributed by atoms with Crippen LogP contribution in [0.5, 0.6) is 0 Å². The van der Waals surface area contributed by atoms with Crippen LogP contribution in [0, 0.1) is 10.1 Å². The molecule has 1 rings (SSSR count). The molecule has 0 aliphatic heterocycles. The smallest absolute Gasteiger partial charge is 0.286 e. The maximum Gasteiger partial charge on any atom is 0.286 e. The highest BCUT2D eigenvalue weighted by Gasteiger charge is 2.24. The molecule has 1 aromatic carbocycles. The van der Waals surface area contributed by atoms with Crippen LogP contribution in [0.1, 0.15) is 13.8 Å². The van der Waals surface area contributed by atoms with Gasteiger partial charge in [0.25, 0.3) is 5.69 Å². The van der Waals surface area contributed by atoms with E-state index in [4.69, 9.17) is 0 Å². The van der Waals surface area contributed by atoms with E-state index < -0.39 is 31.2 Å². The van der Waals surface area contributed by atoms with Crippen molar-refractivity contribution in [2.45, 2.75) is 23.6 Å². The molecular weight excluding hydrogens is 344 g/mol. The van der Waals surface area contributed by atoms with Gasteiger partial charge < -0.3 is 4.90 Å². The first kappa shape index (κ1) is 19.2. The second-order valence-corrected chi connectivity index (χ2v) is 8.15. The summed E-state index contributed by atoms with van der Waals surface area (Å²) >= 11 is 0. The van der Waals surface area contributed by atoms with E-state index in [0.29, 0.717) is 13.1 Å². The minimum Gasteiger partial charge on any atom is -0.342 e. The molecule has 0 spiro atoms. The van der Waals surface area contributed by atoms with E-state index in [1.165, 1.54) is 4.90 Å². The Labute approximate surface area is 137 Å². The third-order valence-electron chi connectivity index (χ3n) is 3.17. The fourth-order valence-electron chi connectivity index (χ4n) is 1.92. The second-order valence-electron chi connectivity index (χ2n) is 4.71. The van der Waals surface area contributed by atoms with Crippen LogP contribution >= 0.6 is 0 Å². The van der Waals surface area contributed by atoms with Gasteiger partial charge in [-0.05, 0) is 26.0 Å². The van der Waals surface area contributed by atoms with Crippen LogP contribution in [0.2, 0.25) is 0 Å². The molecule has 1 atom stereocenters. The minimum absolute atomic E-state index is 0.164. The van der Waals surface area contributed by atoms with Crippen LogP contribution < -0.4 is 0 Å². The summed E-state index contributed by atoms with van der Waals surface area (Å²) in [5.41, 5.74) is -0.571. The average molecular weight is 362 g/mol. The van der Waals surface area contributed by atoms with Gasteiger partial charge in [0.1, 0.15) is 10.6 Å². The Kier molecular flexibility index (Phi) is 6.39. The highest BCUT2D eigenvalue weighted by molar-refractivity contribution is 7.90. The van der Waals surface area contributed by atoms with Gasteiger partial charge in [-0.2, -0.15) is 0 Å². The Bertz CT molecular complexity index is 741. The SMILES string of the molecule is CCN(CC)C(=O)CS(=O)c1ccc(S(C)(=O)=O)cc1[N+](=O)[O-]. The van der Waals surface area contributed by atoms with Gasteiger partial charge in [-0.25, -0.2) is 8.42 Å². The van der Waals surface area contributed by atoms with Crippen LogP contribution in [0.4, 0.5) is 5.69 Å².